The Morgan fingerprint density at radius 2 is 2.16 bits per heavy atom. The van der Waals surface area contributed by atoms with Crippen LogP contribution < -0.4 is 5.32 Å². The first-order valence-electron chi connectivity index (χ1n) is 5.87. The molecular formula is C12H13F3N2O2. The maximum Gasteiger partial charge on any atom is 0.417 e. The van der Waals surface area contributed by atoms with Crippen molar-refractivity contribution in [1.82, 2.24) is 10.3 Å². The van der Waals surface area contributed by atoms with Gasteiger partial charge in [-0.25, -0.2) is 0 Å². The Labute approximate surface area is 107 Å². The lowest BCUT2D eigenvalue weighted by Gasteiger charge is -2.11. The molecule has 7 heteroatoms. The van der Waals surface area contributed by atoms with Crippen LogP contribution in [0.2, 0.25) is 0 Å². The molecule has 2 N–H and O–H groups in total. The average Bonchev–Trinajstić information content (AvgIpc) is 3.19. The zero-order chi connectivity index (χ0) is 14.0. The fourth-order valence-corrected chi connectivity index (χ4v) is 1.63. The van der Waals surface area contributed by atoms with Crippen LogP contribution in [0.1, 0.15) is 28.9 Å². The van der Waals surface area contributed by atoms with Gasteiger partial charge in [-0.1, -0.05) is 0 Å². The van der Waals surface area contributed by atoms with Gasteiger partial charge in [0.1, 0.15) is 5.69 Å². The number of alkyl halides is 3. The van der Waals surface area contributed by atoms with Crippen LogP contribution in [0, 0.1) is 5.92 Å². The monoisotopic (exact) mass is 274 g/mol. The molecule has 2 rings (SSSR count). The van der Waals surface area contributed by atoms with Gasteiger partial charge in [-0.15, -0.1) is 0 Å². The van der Waals surface area contributed by atoms with E-state index in [1.165, 1.54) is 0 Å². The number of rotatable bonds is 4. The van der Waals surface area contributed by atoms with Crippen molar-refractivity contribution in [3.63, 3.8) is 0 Å². The van der Waals surface area contributed by atoms with Crippen LogP contribution in [0.15, 0.2) is 18.3 Å². The summed E-state index contributed by atoms with van der Waals surface area (Å²) in [5.41, 5.74) is -1.00. The lowest BCUT2D eigenvalue weighted by Crippen LogP contribution is -2.33. The van der Waals surface area contributed by atoms with Crippen molar-refractivity contribution in [1.29, 1.82) is 0 Å². The van der Waals surface area contributed by atoms with Crippen molar-refractivity contribution in [3.8, 4) is 0 Å². The van der Waals surface area contributed by atoms with E-state index in [0.29, 0.717) is 6.20 Å². The lowest BCUT2D eigenvalue weighted by atomic mass is 10.2. The summed E-state index contributed by atoms with van der Waals surface area (Å²) in [6.45, 7) is 0.0895. The highest BCUT2D eigenvalue weighted by atomic mass is 19.4. The van der Waals surface area contributed by atoms with E-state index in [-0.39, 0.29) is 18.2 Å². The van der Waals surface area contributed by atoms with E-state index in [2.05, 4.69) is 10.3 Å². The van der Waals surface area contributed by atoms with Crippen molar-refractivity contribution in [3.05, 3.63) is 29.6 Å². The van der Waals surface area contributed by atoms with Crippen molar-refractivity contribution >= 4 is 5.91 Å². The SMILES string of the molecule is O=C(NCC(O)C1CC1)c1ccc(C(F)(F)F)cn1. The van der Waals surface area contributed by atoms with Crippen LogP contribution in [0.5, 0.6) is 0 Å². The third-order valence-corrected chi connectivity index (χ3v) is 2.96. The second kappa shape index (κ2) is 5.16. The van der Waals surface area contributed by atoms with Gasteiger partial charge in [0.25, 0.3) is 5.91 Å². The molecule has 1 aromatic heterocycles. The maximum absolute atomic E-state index is 12.3. The van der Waals surface area contributed by atoms with Gasteiger partial charge in [0.2, 0.25) is 0 Å². The van der Waals surface area contributed by atoms with Crippen molar-refractivity contribution in [2.75, 3.05) is 6.54 Å². The number of nitrogens with zero attached hydrogens (tertiary/aromatic N) is 1. The first-order chi connectivity index (χ1) is 8.88. The number of hydrogen-bond acceptors (Lipinski definition) is 3. The summed E-state index contributed by atoms with van der Waals surface area (Å²) in [5.74, 6) is -0.366. The first kappa shape index (κ1) is 13.8. The average molecular weight is 274 g/mol. The standard InChI is InChI=1S/C12H13F3N2O2/c13-12(14,15)8-3-4-9(16-5-8)11(19)17-6-10(18)7-1-2-7/h3-5,7,10,18H,1-2,6H2,(H,17,19). The molecule has 0 saturated heterocycles. The molecule has 1 amide bonds. The van der Waals surface area contributed by atoms with Crippen molar-refractivity contribution in [2.24, 2.45) is 5.92 Å². The molecule has 104 valence electrons. The van der Waals surface area contributed by atoms with E-state index >= 15 is 0 Å². The van der Waals surface area contributed by atoms with Crippen LogP contribution in [-0.2, 0) is 6.18 Å². The number of aliphatic hydroxyl groups is 1. The summed E-state index contributed by atoms with van der Waals surface area (Å²) in [4.78, 5) is 15.1. The van der Waals surface area contributed by atoms with E-state index in [1.807, 2.05) is 0 Å². The Balaban J connectivity index is 1.91. The van der Waals surface area contributed by atoms with Crippen LogP contribution in [0.25, 0.3) is 0 Å². The lowest BCUT2D eigenvalue weighted by molar-refractivity contribution is -0.137. The minimum absolute atomic E-state index is 0.0895. The minimum atomic E-state index is -4.47. The van der Waals surface area contributed by atoms with Gasteiger partial charge in [0, 0.05) is 12.7 Å². The number of aromatic nitrogens is 1. The zero-order valence-electron chi connectivity index (χ0n) is 9.94. The van der Waals surface area contributed by atoms with Crippen molar-refractivity contribution < 1.29 is 23.1 Å². The van der Waals surface area contributed by atoms with Gasteiger partial charge >= 0.3 is 6.18 Å². The summed E-state index contributed by atoms with van der Waals surface area (Å²) >= 11 is 0. The Morgan fingerprint density at radius 3 is 2.63 bits per heavy atom. The number of nitrogens with one attached hydrogen (secondary N) is 1. The topological polar surface area (TPSA) is 62.2 Å². The van der Waals surface area contributed by atoms with E-state index < -0.39 is 23.8 Å². The van der Waals surface area contributed by atoms with Gasteiger partial charge in [0.05, 0.1) is 11.7 Å². The predicted molar refractivity (Wildman–Crippen MR) is 60.3 cm³/mol. The molecule has 1 fully saturated rings. The molecule has 0 aliphatic heterocycles. The molecule has 1 aromatic rings. The van der Waals surface area contributed by atoms with Crippen LogP contribution in [0.4, 0.5) is 13.2 Å². The molecule has 0 aromatic carbocycles. The number of aliphatic hydroxyl groups excluding tert-OH is 1. The number of carbonyl (C=O) groups is 1. The first-order valence-corrected chi connectivity index (χ1v) is 5.87. The number of pyridine rings is 1. The Morgan fingerprint density at radius 1 is 1.47 bits per heavy atom. The molecule has 1 saturated carbocycles. The second-order valence-corrected chi connectivity index (χ2v) is 4.54. The molecule has 1 unspecified atom stereocenters. The summed E-state index contributed by atoms with van der Waals surface area (Å²) in [7, 11) is 0. The van der Waals surface area contributed by atoms with Gasteiger partial charge < -0.3 is 10.4 Å². The Kier molecular flexibility index (Phi) is 3.75. The fourth-order valence-electron chi connectivity index (χ4n) is 1.63. The van der Waals surface area contributed by atoms with Gasteiger partial charge in [-0.05, 0) is 30.9 Å². The predicted octanol–water partition coefficient (Wildman–Crippen LogP) is 1.60. The third kappa shape index (κ3) is 3.66. The largest absolute Gasteiger partial charge is 0.417 e. The minimum Gasteiger partial charge on any atom is -0.391 e. The number of amides is 1. The Hall–Kier alpha value is -1.63. The molecule has 4 nitrogen and oxygen atoms in total. The highest BCUT2D eigenvalue weighted by Gasteiger charge is 2.31. The summed E-state index contributed by atoms with van der Waals surface area (Å²) in [5, 5.41) is 12.0. The highest BCUT2D eigenvalue weighted by molar-refractivity contribution is 5.92. The van der Waals surface area contributed by atoms with Crippen LogP contribution >= 0.6 is 0 Å². The molecular weight excluding hydrogens is 261 g/mol. The quantitative estimate of drug-likeness (QED) is 0.876. The van der Waals surface area contributed by atoms with Crippen LogP contribution in [0.3, 0.4) is 0 Å². The summed E-state index contributed by atoms with van der Waals surface area (Å²) in [6.07, 6.45) is -2.57. The van der Waals surface area contributed by atoms with E-state index in [0.717, 1.165) is 25.0 Å². The van der Waals surface area contributed by atoms with Gasteiger partial charge in [-0.2, -0.15) is 13.2 Å². The number of carbonyl (C=O) groups excluding carboxylic acids is 1. The molecule has 0 bridgehead atoms. The molecule has 1 heterocycles. The second-order valence-electron chi connectivity index (χ2n) is 4.54. The van der Waals surface area contributed by atoms with E-state index in [9.17, 15) is 23.1 Å². The normalized spacial score (nSPS) is 17.1. The molecule has 1 aliphatic carbocycles. The fraction of sp³-hybridized carbons (Fsp3) is 0.500. The zero-order valence-corrected chi connectivity index (χ0v) is 9.94. The van der Waals surface area contributed by atoms with E-state index in [4.69, 9.17) is 0 Å². The summed E-state index contributed by atoms with van der Waals surface area (Å²) < 4.78 is 36.9. The summed E-state index contributed by atoms with van der Waals surface area (Å²) in [6, 6.07) is 1.82. The van der Waals surface area contributed by atoms with Gasteiger partial charge in [0.15, 0.2) is 0 Å². The van der Waals surface area contributed by atoms with Gasteiger partial charge in [-0.3, -0.25) is 9.78 Å². The molecule has 19 heavy (non-hydrogen) atoms. The van der Waals surface area contributed by atoms with Crippen LogP contribution in [-0.4, -0.2) is 28.6 Å². The number of hydrogen-bond donors (Lipinski definition) is 2. The number of halogens is 3. The molecule has 0 radical (unpaired) electrons. The van der Waals surface area contributed by atoms with E-state index in [1.54, 1.807) is 0 Å². The third-order valence-electron chi connectivity index (χ3n) is 2.96. The molecule has 1 atom stereocenters. The molecule has 0 spiro atoms. The smallest absolute Gasteiger partial charge is 0.391 e. The van der Waals surface area contributed by atoms with Crippen molar-refractivity contribution in [2.45, 2.75) is 25.1 Å². The Bertz CT molecular complexity index is 455. The maximum atomic E-state index is 12.3. The molecule has 1 aliphatic rings. The highest BCUT2D eigenvalue weighted by Crippen LogP contribution is 2.32.